The summed E-state index contributed by atoms with van der Waals surface area (Å²) in [5, 5.41) is 9.30. The molecule has 1 saturated heterocycles. The van der Waals surface area contributed by atoms with Crippen LogP contribution in [0.15, 0.2) is 64.2 Å². The third kappa shape index (κ3) is 4.55. The second-order valence-corrected chi connectivity index (χ2v) is 8.91. The summed E-state index contributed by atoms with van der Waals surface area (Å²) < 4.78 is 8.46. The Balaban J connectivity index is 1.63. The minimum Gasteiger partial charge on any atom is -0.378 e. The molecular formula is C21H21BrN4O2S. The van der Waals surface area contributed by atoms with Crippen molar-refractivity contribution < 1.29 is 9.53 Å². The maximum atomic E-state index is 12.9. The number of carbonyl (C=O) groups excluding carboxylic acids is 1. The van der Waals surface area contributed by atoms with Crippen molar-refractivity contribution in [1.29, 1.82) is 0 Å². The van der Waals surface area contributed by atoms with Crippen molar-refractivity contribution >= 4 is 39.4 Å². The first kappa shape index (κ1) is 20.1. The Kier molecular flexibility index (Phi) is 6.32. The van der Waals surface area contributed by atoms with Crippen molar-refractivity contribution in [2.75, 3.05) is 31.2 Å². The molecular weight excluding hydrogens is 452 g/mol. The Bertz CT molecular complexity index is 972. The lowest BCUT2D eigenvalue weighted by Gasteiger charge is -2.28. The van der Waals surface area contributed by atoms with Crippen molar-refractivity contribution in [3.05, 3.63) is 64.6 Å². The highest BCUT2D eigenvalue weighted by Crippen LogP contribution is 2.31. The summed E-state index contributed by atoms with van der Waals surface area (Å²) >= 11 is 4.84. The van der Waals surface area contributed by atoms with E-state index in [2.05, 4.69) is 31.0 Å². The molecule has 0 amide bonds. The normalized spacial score (nSPS) is 15.3. The Morgan fingerprint density at radius 1 is 1.07 bits per heavy atom. The second-order valence-electron chi connectivity index (χ2n) is 6.68. The average Bonchev–Trinajstić information content (AvgIpc) is 3.18. The van der Waals surface area contributed by atoms with E-state index in [1.54, 1.807) is 0 Å². The van der Waals surface area contributed by atoms with Crippen molar-refractivity contribution in [3.8, 4) is 5.69 Å². The number of morpholine rings is 1. The lowest BCUT2D eigenvalue weighted by Crippen LogP contribution is -2.37. The lowest BCUT2D eigenvalue weighted by atomic mass is 10.1. The van der Waals surface area contributed by atoms with Crippen LogP contribution in [-0.2, 0) is 4.74 Å². The van der Waals surface area contributed by atoms with E-state index in [9.17, 15) is 4.79 Å². The largest absolute Gasteiger partial charge is 0.378 e. The van der Waals surface area contributed by atoms with Crippen LogP contribution in [0, 0.1) is 0 Å². The van der Waals surface area contributed by atoms with Crippen molar-refractivity contribution in [2.45, 2.75) is 17.3 Å². The first-order valence-corrected chi connectivity index (χ1v) is 11.1. The zero-order chi connectivity index (χ0) is 20.2. The van der Waals surface area contributed by atoms with Crippen LogP contribution >= 0.6 is 27.7 Å². The third-order valence-corrected chi connectivity index (χ3v) is 6.28. The van der Waals surface area contributed by atoms with Gasteiger partial charge in [-0.2, -0.15) is 0 Å². The number of Topliss-reactive ketones (excluding diaryl/α,β-unsaturated/α-hetero) is 1. The quantitative estimate of drug-likeness (QED) is 0.395. The number of ether oxygens (including phenoxy) is 1. The molecule has 0 N–H and O–H groups in total. The maximum Gasteiger partial charge on any atom is 0.232 e. The van der Waals surface area contributed by atoms with Crippen molar-refractivity contribution in [1.82, 2.24) is 14.8 Å². The van der Waals surface area contributed by atoms with E-state index >= 15 is 0 Å². The highest BCUT2D eigenvalue weighted by Gasteiger charge is 2.25. The Morgan fingerprint density at radius 3 is 2.45 bits per heavy atom. The molecule has 0 spiro atoms. The van der Waals surface area contributed by atoms with Gasteiger partial charge in [-0.3, -0.25) is 9.36 Å². The second kappa shape index (κ2) is 9.11. The molecule has 0 unspecified atom stereocenters. The number of carbonyl (C=O) groups is 1. The number of ketones is 1. The lowest BCUT2D eigenvalue weighted by molar-refractivity contribution is 0.0994. The zero-order valence-corrected chi connectivity index (χ0v) is 18.4. The van der Waals surface area contributed by atoms with E-state index in [4.69, 9.17) is 4.74 Å². The summed E-state index contributed by atoms with van der Waals surface area (Å²) in [6.07, 6.45) is 0. The topological polar surface area (TPSA) is 60.2 Å². The molecule has 1 atom stereocenters. The van der Waals surface area contributed by atoms with E-state index < -0.39 is 0 Å². The number of hydrogen-bond donors (Lipinski definition) is 0. The fraction of sp³-hybridized carbons (Fsp3) is 0.286. The SMILES string of the molecule is C[C@H](Sc1nnc(N2CCOCC2)n1-c1ccccc1)C(=O)c1ccc(Br)cc1. The van der Waals surface area contributed by atoms with Crippen LogP contribution in [0.1, 0.15) is 17.3 Å². The van der Waals surface area contributed by atoms with Crippen molar-refractivity contribution in [3.63, 3.8) is 0 Å². The molecule has 150 valence electrons. The van der Waals surface area contributed by atoms with Gasteiger partial charge >= 0.3 is 0 Å². The van der Waals surface area contributed by atoms with Gasteiger partial charge in [0.2, 0.25) is 5.95 Å². The van der Waals surface area contributed by atoms with Gasteiger partial charge in [0.1, 0.15) is 0 Å². The highest BCUT2D eigenvalue weighted by molar-refractivity contribution is 9.10. The number of aromatic nitrogens is 3. The highest BCUT2D eigenvalue weighted by atomic mass is 79.9. The molecule has 3 aromatic rings. The molecule has 4 rings (SSSR count). The monoisotopic (exact) mass is 472 g/mol. The molecule has 2 heterocycles. The zero-order valence-electron chi connectivity index (χ0n) is 16.0. The van der Waals surface area contributed by atoms with Crippen LogP contribution in [0.5, 0.6) is 0 Å². The first-order valence-electron chi connectivity index (χ1n) is 9.43. The summed E-state index contributed by atoms with van der Waals surface area (Å²) in [7, 11) is 0. The van der Waals surface area contributed by atoms with Gasteiger partial charge < -0.3 is 9.64 Å². The van der Waals surface area contributed by atoms with Crippen LogP contribution in [0.2, 0.25) is 0 Å². The van der Waals surface area contributed by atoms with Crippen LogP contribution in [-0.4, -0.2) is 52.1 Å². The molecule has 2 aromatic carbocycles. The predicted octanol–water partition coefficient (Wildman–Crippen LogP) is 4.23. The van der Waals surface area contributed by atoms with E-state index in [0.717, 1.165) is 29.2 Å². The molecule has 0 bridgehead atoms. The van der Waals surface area contributed by atoms with Crippen LogP contribution in [0.25, 0.3) is 5.69 Å². The molecule has 1 aliphatic heterocycles. The molecule has 6 nitrogen and oxygen atoms in total. The van der Waals surface area contributed by atoms with E-state index in [1.165, 1.54) is 11.8 Å². The van der Waals surface area contributed by atoms with Gasteiger partial charge in [-0.05, 0) is 31.2 Å². The molecule has 8 heteroatoms. The number of benzene rings is 2. The van der Waals surface area contributed by atoms with E-state index in [0.29, 0.717) is 23.9 Å². The number of anilines is 1. The van der Waals surface area contributed by atoms with Crippen LogP contribution in [0.4, 0.5) is 5.95 Å². The van der Waals surface area contributed by atoms with Gasteiger partial charge in [0.15, 0.2) is 10.9 Å². The first-order chi connectivity index (χ1) is 14.1. The van der Waals surface area contributed by atoms with E-state index in [-0.39, 0.29) is 11.0 Å². The maximum absolute atomic E-state index is 12.9. The number of rotatable bonds is 6. The molecule has 1 fully saturated rings. The summed E-state index contributed by atoms with van der Waals surface area (Å²) in [5.74, 6) is 0.850. The molecule has 0 aliphatic carbocycles. The minimum absolute atomic E-state index is 0.0676. The molecule has 0 saturated carbocycles. The molecule has 1 aliphatic rings. The van der Waals surface area contributed by atoms with E-state index in [1.807, 2.05) is 66.1 Å². The number of hydrogen-bond acceptors (Lipinski definition) is 6. The van der Waals surface area contributed by atoms with Gasteiger partial charge in [0, 0.05) is 23.1 Å². The van der Waals surface area contributed by atoms with Gasteiger partial charge in [-0.15, -0.1) is 10.2 Å². The standard InChI is InChI=1S/C21H21BrN4O2S/c1-15(19(27)16-7-9-17(22)10-8-16)29-21-24-23-20(25-11-13-28-14-12-25)26(21)18-5-3-2-4-6-18/h2-10,15H,11-14H2,1H3/t15-/m0/s1. The number of nitrogens with zero attached hydrogens (tertiary/aromatic N) is 4. The third-order valence-electron chi connectivity index (χ3n) is 4.70. The summed E-state index contributed by atoms with van der Waals surface area (Å²) in [5.41, 5.74) is 1.66. The van der Waals surface area contributed by atoms with Gasteiger partial charge in [-0.25, -0.2) is 0 Å². The molecule has 1 aromatic heterocycles. The number of para-hydroxylation sites is 1. The fourth-order valence-electron chi connectivity index (χ4n) is 3.17. The number of thioether (sulfide) groups is 1. The minimum atomic E-state index is -0.291. The van der Waals surface area contributed by atoms with Crippen LogP contribution in [0.3, 0.4) is 0 Å². The van der Waals surface area contributed by atoms with Gasteiger partial charge in [0.05, 0.1) is 24.2 Å². The average molecular weight is 473 g/mol. The Labute approximate surface area is 182 Å². The fourth-order valence-corrected chi connectivity index (χ4v) is 4.37. The molecule has 0 radical (unpaired) electrons. The summed E-state index contributed by atoms with van der Waals surface area (Å²) in [6, 6.07) is 17.5. The predicted molar refractivity (Wildman–Crippen MR) is 118 cm³/mol. The smallest absolute Gasteiger partial charge is 0.232 e. The van der Waals surface area contributed by atoms with Gasteiger partial charge in [-0.1, -0.05) is 58.0 Å². The summed E-state index contributed by atoms with van der Waals surface area (Å²) in [4.78, 5) is 15.1. The summed E-state index contributed by atoms with van der Waals surface area (Å²) in [6.45, 7) is 4.78. The van der Waals surface area contributed by atoms with Crippen molar-refractivity contribution in [2.24, 2.45) is 0 Å². The Morgan fingerprint density at radius 2 is 1.76 bits per heavy atom. The number of halogens is 1. The Hall–Kier alpha value is -2.16. The molecule has 29 heavy (non-hydrogen) atoms. The van der Waals surface area contributed by atoms with Gasteiger partial charge in [0.25, 0.3) is 0 Å². The van der Waals surface area contributed by atoms with Crippen LogP contribution < -0.4 is 4.90 Å².